The summed E-state index contributed by atoms with van der Waals surface area (Å²) in [5, 5.41) is 20.2. The molecular weight excluding hydrogens is 390 g/mol. The number of anilines is 1. The molecule has 2 aliphatic heterocycles. The quantitative estimate of drug-likeness (QED) is 0.610. The molecule has 0 radical (unpaired) electrons. The molecule has 30 heavy (non-hydrogen) atoms. The molecule has 7 nitrogen and oxygen atoms in total. The third kappa shape index (κ3) is 3.19. The molecule has 2 aromatic heterocycles. The van der Waals surface area contributed by atoms with E-state index in [1.807, 2.05) is 11.9 Å². The Morgan fingerprint density at radius 1 is 1.17 bits per heavy atom. The highest BCUT2D eigenvalue weighted by Crippen LogP contribution is 2.35. The summed E-state index contributed by atoms with van der Waals surface area (Å²) in [5.41, 5.74) is 1.25. The number of aromatic amines is 1. The Kier molecular flexibility index (Phi) is 4.62. The van der Waals surface area contributed by atoms with E-state index in [9.17, 15) is 13.9 Å². The molecule has 2 fully saturated rings. The highest BCUT2D eigenvalue weighted by molar-refractivity contribution is 5.73. The van der Waals surface area contributed by atoms with Crippen LogP contribution in [0.1, 0.15) is 19.3 Å². The SMILES string of the molecule is CN(c1cnc(-c2cc(F)c(-c3ccn[nH]3)cc2O)cn1)[C@H]1C[C@@H]2CCC(N2)[C@H]1F. The van der Waals surface area contributed by atoms with Gasteiger partial charge in [0.2, 0.25) is 0 Å². The number of aromatic hydroxyl groups is 1. The predicted octanol–water partition coefficient (Wildman–Crippen LogP) is 3.05. The molecule has 0 saturated carbocycles. The van der Waals surface area contributed by atoms with Crippen molar-refractivity contribution in [2.75, 3.05) is 11.9 Å². The Hall–Kier alpha value is -3.07. The van der Waals surface area contributed by atoms with E-state index < -0.39 is 12.0 Å². The van der Waals surface area contributed by atoms with Gasteiger partial charge < -0.3 is 15.3 Å². The first-order valence-corrected chi connectivity index (χ1v) is 9.99. The van der Waals surface area contributed by atoms with Gasteiger partial charge in [-0.1, -0.05) is 0 Å². The monoisotopic (exact) mass is 412 g/mol. The Balaban J connectivity index is 1.39. The van der Waals surface area contributed by atoms with Gasteiger partial charge in [0, 0.05) is 36.5 Å². The summed E-state index contributed by atoms with van der Waals surface area (Å²) in [4.78, 5) is 10.6. The van der Waals surface area contributed by atoms with Crippen LogP contribution in [-0.4, -0.2) is 56.6 Å². The van der Waals surface area contributed by atoms with Gasteiger partial charge in [-0.3, -0.25) is 10.1 Å². The fourth-order valence-corrected chi connectivity index (χ4v) is 4.54. The lowest BCUT2D eigenvalue weighted by Gasteiger charge is -2.38. The van der Waals surface area contributed by atoms with E-state index in [0.717, 1.165) is 19.3 Å². The van der Waals surface area contributed by atoms with Crippen molar-refractivity contribution >= 4 is 5.82 Å². The van der Waals surface area contributed by atoms with Crippen LogP contribution in [0.2, 0.25) is 0 Å². The lowest BCUT2D eigenvalue weighted by atomic mass is 9.96. The number of fused-ring (bicyclic) bond motifs is 2. The zero-order chi connectivity index (χ0) is 20.8. The third-order valence-corrected chi connectivity index (χ3v) is 6.20. The fraction of sp³-hybridized carbons (Fsp3) is 0.381. The van der Waals surface area contributed by atoms with Crippen molar-refractivity contribution in [2.45, 2.75) is 43.6 Å². The lowest BCUT2D eigenvalue weighted by Crippen LogP contribution is -2.55. The van der Waals surface area contributed by atoms with Gasteiger partial charge in [0.1, 0.15) is 23.6 Å². The lowest BCUT2D eigenvalue weighted by molar-refractivity contribution is 0.176. The van der Waals surface area contributed by atoms with Gasteiger partial charge in [0.05, 0.1) is 29.8 Å². The predicted molar refractivity (Wildman–Crippen MR) is 108 cm³/mol. The van der Waals surface area contributed by atoms with Crippen molar-refractivity contribution in [3.8, 4) is 28.3 Å². The first-order valence-electron chi connectivity index (χ1n) is 9.99. The molecule has 0 amide bonds. The second kappa shape index (κ2) is 7.32. The Labute approximate surface area is 172 Å². The number of phenolic OH excluding ortho intramolecular Hbond substituents is 1. The van der Waals surface area contributed by atoms with E-state index in [0.29, 0.717) is 23.2 Å². The summed E-state index contributed by atoms with van der Waals surface area (Å²) < 4.78 is 29.4. The number of rotatable bonds is 4. The molecule has 0 aliphatic carbocycles. The topological polar surface area (TPSA) is 90.0 Å². The maximum Gasteiger partial charge on any atom is 0.147 e. The number of piperidine rings is 1. The summed E-state index contributed by atoms with van der Waals surface area (Å²) in [5.74, 6) is -0.0857. The molecule has 5 rings (SSSR count). The summed E-state index contributed by atoms with van der Waals surface area (Å²) in [6.45, 7) is 0. The van der Waals surface area contributed by atoms with E-state index in [-0.39, 0.29) is 29.0 Å². The van der Waals surface area contributed by atoms with Crippen molar-refractivity contribution in [3.63, 3.8) is 0 Å². The fourth-order valence-electron chi connectivity index (χ4n) is 4.54. The van der Waals surface area contributed by atoms with Gasteiger partial charge in [-0.25, -0.2) is 13.8 Å². The van der Waals surface area contributed by atoms with Crippen molar-refractivity contribution in [3.05, 3.63) is 42.6 Å². The molecule has 4 atom stereocenters. The summed E-state index contributed by atoms with van der Waals surface area (Å²) >= 11 is 0. The van der Waals surface area contributed by atoms with Crippen molar-refractivity contribution in [1.82, 2.24) is 25.5 Å². The first kappa shape index (κ1) is 18.9. The van der Waals surface area contributed by atoms with Gasteiger partial charge in [-0.15, -0.1) is 0 Å². The zero-order valence-electron chi connectivity index (χ0n) is 16.4. The van der Waals surface area contributed by atoms with Crippen LogP contribution in [0.4, 0.5) is 14.6 Å². The molecule has 3 aromatic rings. The number of hydrogen-bond acceptors (Lipinski definition) is 6. The Morgan fingerprint density at radius 3 is 2.77 bits per heavy atom. The highest BCUT2D eigenvalue weighted by atomic mass is 19.1. The minimum atomic E-state index is -0.969. The molecular formula is C21H22F2N6O. The van der Waals surface area contributed by atoms with Crippen LogP contribution in [0.25, 0.3) is 22.5 Å². The second-order valence-corrected chi connectivity index (χ2v) is 7.99. The molecule has 156 valence electrons. The summed E-state index contributed by atoms with van der Waals surface area (Å²) in [6, 6.07) is 4.15. The molecule has 2 aliphatic rings. The van der Waals surface area contributed by atoms with Crippen LogP contribution in [0.5, 0.6) is 5.75 Å². The minimum Gasteiger partial charge on any atom is -0.507 e. The van der Waals surface area contributed by atoms with E-state index >= 15 is 0 Å². The van der Waals surface area contributed by atoms with E-state index in [4.69, 9.17) is 0 Å². The number of halogens is 2. The normalized spacial score (nSPS) is 25.4. The summed E-state index contributed by atoms with van der Waals surface area (Å²) in [6.07, 6.45) is 6.13. The van der Waals surface area contributed by atoms with Gasteiger partial charge in [0.25, 0.3) is 0 Å². The number of alkyl halides is 1. The van der Waals surface area contributed by atoms with Crippen LogP contribution in [-0.2, 0) is 0 Å². The van der Waals surface area contributed by atoms with Crippen molar-refractivity contribution < 1.29 is 13.9 Å². The van der Waals surface area contributed by atoms with Crippen molar-refractivity contribution in [2.24, 2.45) is 0 Å². The second-order valence-electron chi connectivity index (χ2n) is 7.99. The average Bonchev–Trinajstić information content (AvgIpc) is 3.42. The average molecular weight is 412 g/mol. The van der Waals surface area contributed by atoms with Crippen molar-refractivity contribution in [1.29, 1.82) is 0 Å². The van der Waals surface area contributed by atoms with Crippen LogP contribution < -0.4 is 10.2 Å². The van der Waals surface area contributed by atoms with Gasteiger partial charge in [-0.05, 0) is 37.5 Å². The number of hydrogen-bond donors (Lipinski definition) is 3. The molecule has 2 bridgehead atoms. The number of aromatic nitrogens is 4. The van der Waals surface area contributed by atoms with Gasteiger partial charge in [-0.2, -0.15) is 5.10 Å². The minimum absolute atomic E-state index is 0.100. The summed E-state index contributed by atoms with van der Waals surface area (Å²) in [7, 11) is 1.82. The Bertz CT molecular complexity index is 1040. The molecule has 0 spiro atoms. The number of H-pyrrole nitrogens is 1. The number of nitrogens with one attached hydrogen (secondary N) is 2. The van der Waals surface area contributed by atoms with Crippen LogP contribution >= 0.6 is 0 Å². The zero-order valence-corrected chi connectivity index (χ0v) is 16.4. The molecule has 4 heterocycles. The van der Waals surface area contributed by atoms with E-state index in [2.05, 4.69) is 25.5 Å². The van der Waals surface area contributed by atoms with Gasteiger partial charge in [0.15, 0.2) is 0 Å². The number of nitrogens with zero attached hydrogens (tertiary/aromatic N) is 4. The maximum atomic E-state index is 14.8. The number of phenols is 1. The molecule has 1 aromatic carbocycles. The smallest absolute Gasteiger partial charge is 0.147 e. The standard InChI is InChI=1S/C21H22F2N6O/c1-29(18-6-11-2-3-16(27-11)21(18)23)20-10-24-17(9-25-20)13-7-14(22)12(8-19(13)30)15-4-5-26-28-15/h4-5,7-11,16,18,21,27,30H,2-3,6H2,1H3,(H,26,28)/t11-,16?,18-,21+/m0/s1. The van der Waals surface area contributed by atoms with Crippen LogP contribution in [0.3, 0.4) is 0 Å². The molecule has 2 saturated heterocycles. The first-order chi connectivity index (χ1) is 14.5. The van der Waals surface area contributed by atoms with E-state index in [1.165, 1.54) is 30.7 Å². The van der Waals surface area contributed by atoms with Crippen LogP contribution in [0.15, 0.2) is 36.8 Å². The van der Waals surface area contributed by atoms with Crippen LogP contribution in [0, 0.1) is 5.82 Å². The highest BCUT2D eigenvalue weighted by Gasteiger charge is 2.43. The molecule has 9 heteroatoms. The van der Waals surface area contributed by atoms with Gasteiger partial charge >= 0.3 is 0 Å². The molecule has 1 unspecified atom stereocenters. The number of benzene rings is 1. The molecule has 3 N–H and O–H groups in total. The third-order valence-electron chi connectivity index (χ3n) is 6.20. The van der Waals surface area contributed by atoms with E-state index in [1.54, 1.807) is 6.07 Å². The Morgan fingerprint density at radius 2 is 2.03 bits per heavy atom. The largest absolute Gasteiger partial charge is 0.507 e. The maximum absolute atomic E-state index is 14.8.